The third-order valence-corrected chi connectivity index (χ3v) is 6.37. The molecule has 2 N–H and O–H groups in total. The molecule has 2 aromatic rings. The van der Waals surface area contributed by atoms with Crippen LogP contribution in [-0.4, -0.2) is 18.2 Å². The number of hydrogen-bond acceptors (Lipinski definition) is 5. The van der Waals surface area contributed by atoms with Crippen LogP contribution in [0.5, 0.6) is 0 Å². The van der Waals surface area contributed by atoms with Crippen molar-refractivity contribution in [2.45, 2.75) is 38.6 Å². The number of nitrogens with one attached hydrogen (secondary N) is 2. The molecule has 0 aliphatic heterocycles. The smallest absolute Gasteiger partial charge is 0.341 e. The molecule has 0 radical (unpaired) electrons. The van der Waals surface area contributed by atoms with Gasteiger partial charge in [0.2, 0.25) is 0 Å². The van der Waals surface area contributed by atoms with E-state index in [9.17, 15) is 4.79 Å². The number of thiocarbonyl (C=S) groups is 1. The van der Waals surface area contributed by atoms with Crippen LogP contribution in [0.4, 0.5) is 5.00 Å². The van der Waals surface area contributed by atoms with Gasteiger partial charge in [-0.15, -0.1) is 22.7 Å². The van der Waals surface area contributed by atoms with Crippen LogP contribution in [0.3, 0.4) is 0 Å². The van der Waals surface area contributed by atoms with Crippen molar-refractivity contribution in [3.8, 4) is 0 Å². The Morgan fingerprint density at radius 3 is 2.92 bits per heavy atom. The number of carbonyl (C=O) groups is 1. The zero-order chi connectivity index (χ0) is 16.9. The van der Waals surface area contributed by atoms with E-state index in [1.807, 2.05) is 11.4 Å². The first-order valence-electron chi connectivity index (χ1n) is 7.99. The standard InChI is InChI=1S/C17H20N2O2S3/c1-21-16(20)14-12-7-3-2-4-8-13(12)24-15(14)19-17(22)18-10-11-6-5-9-23-11/h5-6,9H,2-4,7-8,10H2,1H3,(H2,18,19,22). The van der Waals surface area contributed by atoms with Crippen molar-refractivity contribution in [2.24, 2.45) is 0 Å². The van der Waals surface area contributed by atoms with Gasteiger partial charge in [0.05, 0.1) is 19.2 Å². The number of thiophene rings is 2. The van der Waals surface area contributed by atoms with Crippen molar-refractivity contribution < 1.29 is 9.53 Å². The first-order valence-corrected chi connectivity index (χ1v) is 10.1. The van der Waals surface area contributed by atoms with Crippen LogP contribution in [0.25, 0.3) is 0 Å². The highest BCUT2D eigenvalue weighted by Gasteiger charge is 2.25. The van der Waals surface area contributed by atoms with E-state index in [1.165, 1.54) is 29.7 Å². The van der Waals surface area contributed by atoms with Gasteiger partial charge in [-0.2, -0.15) is 0 Å². The van der Waals surface area contributed by atoms with E-state index in [2.05, 4.69) is 16.7 Å². The molecule has 0 fully saturated rings. The number of carbonyl (C=O) groups excluding carboxylic acids is 1. The lowest BCUT2D eigenvalue weighted by Gasteiger charge is -2.10. The number of esters is 1. The summed E-state index contributed by atoms with van der Waals surface area (Å²) in [4.78, 5) is 14.8. The second-order valence-corrected chi connectivity index (χ2v) is 8.19. The number of ether oxygens (including phenoxy) is 1. The van der Waals surface area contributed by atoms with Crippen LogP contribution in [0, 0.1) is 0 Å². The molecule has 0 saturated carbocycles. The molecule has 0 unspecified atom stereocenters. The summed E-state index contributed by atoms with van der Waals surface area (Å²) in [5.74, 6) is -0.280. The lowest BCUT2D eigenvalue weighted by molar-refractivity contribution is 0.0601. The van der Waals surface area contributed by atoms with E-state index in [-0.39, 0.29) is 5.97 Å². The van der Waals surface area contributed by atoms with Crippen LogP contribution in [0.2, 0.25) is 0 Å². The van der Waals surface area contributed by atoms with Gasteiger partial charge in [0.15, 0.2) is 5.11 Å². The monoisotopic (exact) mass is 380 g/mol. The number of aryl methyl sites for hydroxylation is 1. The summed E-state index contributed by atoms with van der Waals surface area (Å²) in [6.45, 7) is 0.683. The van der Waals surface area contributed by atoms with Gasteiger partial charge in [0.25, 0.3) is 0 Å². The van der Waals surface area contributed by atoms with Crippen molar-refractivity contribution in [3.63, 3.8) is 0 Å². The molecule has 0 spiro atoms. The van der Waals surface area contributed by atoms with E-state index in [0.717, 1.165) is 29.8 Å². The topological polar surface area (TPSA) is 50.4 Å². The molecule has 128 valence electrons. The SMILES string of the molecule is COC(=O)c1c(NC(=S)NCc2cccs2)sc2c1CCCCC2. The van der Waals surface area contributed by atoms with Crippen LogP contribution in [0.15, 0.2) is 17.5 Å². The van der Waals surface area contributed by atoms with Crippen molar-refractivity contribution in [1.29, 1.82) is 0 Å². The Bertz CT molecular complexity index is 723. The van der Waals surface area contributed by atoms with E-state index >= 15 is 0 Å². The quantitative estimate of drug-likeness (QED) is 0.469. The predicted octanol–water partition coefficient (Wildman–Crippen LogP) is 4.35. The number of rotatable bonds is 4. The molecule has 0 aromatic carbocycles. The fourth-order valence-corrected chi connectivity index (χ4v) is 5.04. The van der Waals surface area contributed by atoms with Gasteiger partial charge in [-0.05, 0) is 54.9 Å². The van der Waals surface area contributed by atoms with Crippen LogP contribution < -0.4 is 10.6 Å². The minimum Gasteiger partial charge on any atom is -0.465 e. The van der Waals surface area contributed by atoms with Gasteiger partial charge in [-0.1, -0.05) is 12.5 Å². The molecule has 7 heteroatoms. The van der Waals surface area contributed by atoms with Gasteiger partial charge in [0.1, 0.15) is 5.00 Å². The van der Waals surface area contributed by atoms with Crippen molar-refractivity contribution in [3.05, 3.63) is 38.4 Å². The molecule has 3 rings (SSSR count). The molecule has 0 bridgehead atoms. The highest BCUT2D eigenvalue weighted by atomic mass is 32.1. The fraction of sp³-hybridized carbons (Fsp3) is 0.412. The van der Waals surface area contributed by atoms with E-state index in [0.29, 0.717) is 17.2 Å². The summed E-state index contributed by atoms with van der Waals surface area (Å²) in [6.07, 6.45) is 5.48. The maximum absolute atomic E-state index is 12.3. The molecule has 0 saturated heterocycles. The van der Waals surface area contributed by atoms with E-state index < -0.39 is 0 Å². The molecular weight excluding hydrogens is 360 g/mol. The first kappa shape index (κ1) is 17.4. The Morgan fingerprint density at radius 2 is 2.17 bits per heavy atom. The van der Waals surface area contributed by atoms with E-state index in [1.54, 1.807) is 22.7 Å². The summed E-state index contributed by atoms with van der Waals surface area (Å²) in [6, 6.07) is 4.08. The summed E-state index contributed by atoms with van der Waals surface area (Å²) in [5.41, 5.74) is 1.81. The maximum atomic E-state index is 12.3. The molecule has 24 heavy (non-hydrogen) atoms. The minimum atomic E-state index is -0.280. The number of anilines is 1. The Kier molecular flexibility index (Phi) is 5.86. The second-order valence-electron chi connectivity index (χ2n) is 5.65. The Morgan fingerprint density at radius 1 is 1.33 bits per heavy atom. The summed E-state index contributed by atoms with van der Waals surface area (Å²) < 4.78 is 5.01. The zero-order valence-corrected chi connectivity index (χ0v) is 16.0. The second kappa shape index (κ2) is 8.09. The maximum Gasteiger partial charge on any atom is 0.341 e. The molecular formula is C17H20N2O2S3. The largest absolute Gasteiger partial charge is 0.465 e. The lowest BCUT2D eigenvalue weighted by atomic mass is 10.1. The summed E-state index contributed by atoms with van der Waals surface area (Å²) in [7, 11) is 1.43. The molecule has 4 nitrogen and oxygen atoms in total. The fourth-order valence-electron chi connectivity index (χ4n) is 2.88. The Labute approximate surface area is 155 Å². The van der Waals surface area contributed by atoms with Crippen LogP contribution in [0.1, 0.15) is 44.9 Å². The first-order chi connectivity index (χ1) is 11.7. The average molecular weight is 381 g/mol. The molecule has 0 atom stereocenters. The zero-order valence-electron chi connectivity index (χ0n) is 13.5. The van der Waals surface area contributed by atoms with Crippen LogP contribution >= 0.6 is 34.9 Å². The lowest BCUT2D eigenvalue weighted by Crippen LogP contribution is -2.28. The number of fused-ring (bicyclic) bond motifs is 1. The Balaban J connectivity index is 1.76. The van der Waals surface area contributed by atoms with Crippen molar-refractivity contribution >= 4 is 51.0 Å². The summed E-state index contributed by atoms with van der Waals surface area (Å²) >= 11 is 8.72. The molecule has 2 aromatic heterocycles. The van der Waals surface area contributed by atoms with Gasteiger partial charge in [0, 0.05) is 9.75 Å². The minimum absolute atomic E-state index is 0.280. The summed E-state index contributed by atoms with van der Waals surface area (Å²) in [5, 5.41) is 9.78. The highest BCUT2D eigenvalue weighted by molar-refractivity contribution is 7.80. The van der Waals surface area contributed by atoms with Crippen LogP contribution in [-0.2, 0) is 24.1 Å². The Hall–Kier alpha value is -1.44. The molecule has 1 aliphatic rings. The van der Waals surface area contributed by atoms with Crippen molar-refractivity contribution in [2.75, 3.05) is 12.4 Å². The molecule has 0 amide bonds. The van der Waals surface area contributed by atoms with E-state index in [4.69, 9.17) is 17.0 Å². The predicted molar refractivity (Wildman–Crippen MR) is 104 cm³/mol. The van der Waals surface area contributed by atoms with Gasteiger partial charge in [-0.3, -0.25) is 0 Å². The third kappa shape index (κ3) is 3.96. The van der Waals surface area contributed by atoms with Gasteiger partial charge >= 0.3 is 5.97 Å². The van der Waals surface area contributed by atoms with Crippen molar-refractivity contribution in [1.82, 2.24) is 5.32 Å². The molecule has 2 heterocycles. The van der Waals surface area contributed by atoms with Gasteiger partial charge < -0.3 is 15.4 Å². The molecule has 1 aliphatic carbocycles. The van der Waals surface area contributed by atoms with Gasteiger partial charge in [-0.25, -0.2) is 4.79 Å². The number of methoxy groups -OCH3 is 1. The number of hydrogen-bond donors (Lipinski definition) is 2. The average Bonchev–Trinajstić information content (AvgIpc) is 3.15. The third-order valence-electron chi connectivity index (χ3n) is 4.04. The highest BCUT2D eigenvalue weighted by Crippen LogP contribution is 2.37. The normalized spacial score (nSPS) is 13.7.